The minimum absolute atomic E-state index is 0.0208. The Balaban J connectivity index is 0.000000763. The van der Waals surface area contributed by atoms with Crippen molar-refractivity contribution in [1.82, 2.24) is 0 Å². The summed E-state index contributed by atoms with van der Waals surface area (Å²) in [5, 5.41) is 0. The molecule has 1 aromatic carbocycles. The largest absolute Gasteiger partial charge is 0.465 e. The molecule has 0 saturated heterocycles. The molecule has 0 bridgehead atoms. The lowest BCUT2D eigenvalue weighted by atomic mass is 10.1. The molecule has 1 rings (SSSR count). The molecule has 0 heterocycles. The number of hydrogen-bond donors (Lipinski definition) is 0. The number of ether oxygens (including phenoxy) is 3. The van der Waals surface area contributed by atoms with E-state index < -0.39 is 0 Å². The normalized spacial score (nSPS) is 12.4. The van der Waals surface area contributed by atoms with E-state index in [1.54, 1.807) is 0 Å². The summed E-state index contributed by atoms with van der Waals surface area (Å²) in [4.78, 5) is 22.9. The van der Waals surface area contributed by atoms with Gasteiger partial charge in [-0.15, -0.1) is 0 Å². The lowest BCUT2D eigenvalue weighted by molar-refractivity contribution is -0.154. The van der Waals surface area contributed by atoms with Crippen LogP contribution in [-0.4, -0.2) is 25.3 Å². The zero-order valence-corrected chi connectivity index (χ0v) is 26.2. The summed E-state index contributed by atoms with van der Waals surface area (Å²) in [6, 6.07) is 5.90. The molecule has 0 saturated carbocycles. The molecule has 2 atom stereocenters. The highest BCUT2D eigenvalue weighted by Crippen LogP contribution is 2.19. The third-order valence-electron chi connectivity index (χ3n) is 7.02. The zero-order valence-electron chi connectivity index (χ0n) is 26.2. The zero-order chi connectivity index (χ0) is 29.3. The first-order chi connectivity index (χ1) is 18.8. The standard InChI is InChI=1S/C20H38O2.C14H20O3/c1-4-6-7-8-9-10-11-12-13-14-15-16-17-18-22-20(21)19(3)5-2;1-5-11(3)14(15)17-9-16-13-7-6-10(2)8-12(13)4/h4,6,19H,5,7-18H2,1-3H3;6-8,11H,5,9H2,1-4H3. The molecule has 5 heteroatoms. The van der Waals surface area contributed by atoms with Crippen LogP contribution in [0.2, 0.25) is 0 Å². The van der Waals surface area contributed by atoms with Crippen molar-refractivity contribution in [1.29, 1.82) is 0 Å². The average Bonchev–Trinajstić information content (AvgIpc) is 2.93. The molecule has 0 fully saturated rings. The molecule has 0 amide bonds. The highest BCUT2D eigenvalue weighted by atomic mass is 16.7. The molecule has 39 heavy (non-hydrogen) atoms. The van der Waals surface area contributed by atoms with Crippen LogP contribution >= 0.6 is 0 Å². The Morgan fingerprint density at radius 3 is 1.79 bits per heavy atom. The second-order valence-electron chi connectivity index (χ2n) is 10.7. The van der Waals surface area contributed by atoms with Crippen molar-refractivity contribution in [3.8, 4) is 5.75 Å². The Bertz CT molecular complexity index is 786. The minimum atomic E-state index is -0.211. The monoisotopic (exact) mass is 546 g/mol. The fraction of sp³-hybridized carbons (Fsp3) is 0.706. The van der Waals surface area contributed by atoms with E-state index in [0.29, 0.717) is 6.61 Å². The molecule has 0 radical (unpaired) electrons. The van der Waals surface area contributed by atoms with Crippen LogP contribution in [-0.2, 0) is 19.1 Å². The van der Waals surface area contributed by atoms with Crippen LogP contribution in [0.3, 0.4) is 0 Å². The van der Waals surface area contributed by atoms with Crippen molar-refractivity contribution in [2.24, 2.45) is 11.8 Å². The maximum absolute atomic E-state index is 11.5. The van der Waals surface area contributed by atoms with Gasteiger partial charge in [0.25, 0.3) is 0 Å². The van der Waals surface area contributed by atoms with E-state index in [-0.39, 0.29) is 30.6 Å². The summed E-state index contributed by atoms with van der Waals surface area (Å²) in [5.74, 6) is 0.498. The van der Waals surface area contributed by atoms with Crippen molar-refractivity contribution in [2.75, 3.05) is 13.4 Å². The van der Waals surface area contributed by atoms with E-state index in [1.165, 1.54) is 69.8 Å². The van der Waals surface area contributed by atoms with Gasteiger partial charge in [0, 0.05) is 0 Å². The first-order valence-electron chi connectivity index (χ1n) is 15.4. The Hall–Kier alpha value is -2.30. The van der Waals surface area contributed by atoms with Crippen molar-refractivity contribution in [3.63, 3.8) is 0 Å². The van der Waals surface area contributed by atoms with E-state index in [9.17, 15) is 9.59 Å². The van der Waals surface area contributed by atoms with Crippen molar-refractivity contribution < 1.29 is 23.8 Å². The molecular formula is C34H58O5. The Kier molecular flexibility index (Phi) is 23.3. The van der Waals surface area contributed by atoms with Crippen molar-refractivity contribution in [3.05, 3.63) is 41.5 Å². The first kappa shape index (κ1) is 36.7. The predicted molar refractivity (Wildman–Crippen MR) is 163 cm³/mol. The molecule has 1 aromatic rings. The lowest BCUT2D eigenvalue weighted by Crippen LogP contribution is -2.17. The Labute approximate surface area is 240 Å². The topological polar surface area (TPSA) is 61.8 Å². The number of rotatable bonds is 20. The average molecular weight is 547 g/mol. The molecule has 5 nitrogen and oxygen atoms in total. The molecule has 0 N–H and O–H groups in total. The van der Waals surface area contributed by atoms with Crippen LogP contribution in [0.5, 0.6) is 5.75 Å². The van der Waals surface area contributed by atoms with Gasteiger partial charge in [-0.3, -0.25) is 9.59 Å². The second-order valence-corrected chi connectivity index (χ2v) is 10.7. The molecule has 0 aliphatic rings. The van der Waals surface area contributed by atoms with Crippen LogP contribution in [0.25, 0.3) is 0 Å². The SMILES string of the molecule is CC=CCCCCCCCCCCCCOC(=O)C(C)CC.CCC(C)C(=O)OCOc1ccc(C)cc1C. The van der Waals surface area contributed by atoms with Gasteiger partial charge in [-0.05, 0) is 64.5 Å². The number of aryl methyl sites for hydroxylation is 2. The van der Waals surface area contributed by atoms with Crippen molar-refractivity contribution in [2.45, 2.75) is 132 Å². The number of unbranched alkanes of at least 4 members (excludes halogenated alkanes) is 10. The summed E-state index contributed by atoms with van der Waals surface area (Å²) in [6.45, 7) is 14.4. The van der Waals surface area contributed by atoms with Gasteiger partial charge >= 0.3 is 11.9 Å². The van der Waals surface area contributed by atoms with Crippen LogP contribution in [0.1, 0.15) is 129 Å². The highest BCUT2D eigenvalue weighted by molar-refractivity contribution is 5.72. The van der Waals surface area contributed by atoms with Crippen LogP contribution in [0, 0.1) is 25.7 Å². The highest BCUT2D eigenvalue weighted by Gasteiger charge is 2.12. The van der Waals surface area contributed by atoms with E-state index in [1.807, 2.05) is 59.7 Å². The molecular weight excluding hydrogens is 488 g/mol. The number of carbonyl (C=O) groups is 2. The molecule has 224 valence electrons. The van der Waals surface area contributed by atoms with E-state index >= 15 is 0 Å². The smallest absolute Gasteiger partial charge is 0.311 e. The van der Waals surface area contributed by atoms with Crippen LogP contribution < -0.4 is 4.74 Å². The van der Waals surface area contributed by atoms with Gasteiger partial charge < -0.3 is 14.2 Å². The summed E-state index contributed by atoms with van der Waals surface area (Å²) < 4.78 is 15.7. The van der Waals surface area contributed by atoms with Gasteiger partial charge in [0.1, 0.15) is 5.75 Å². The number of carbonyl (C=O) groups excluding carboxylic acids is 2. The van der Waals surface area contributed by atoms with Crippen LogP contribution in [0.4, 0.5) is 0 Å². The molecule has 2 unspecified atom stereocenters. The number of allylic oxidation sites excluding steroid dienone is 2. The second kappa shape index (κ2) is 24.7. The summed E-state index contributed by atoms with van der Waals surface area (Å²) in [6.07, 6.45) is 20.4. The molecule has 0 aliphatic carbocycles. The maximum atomic E-state index is 11.5. The number of esters is 2. The third kappa shape index (κ3) is 20.3. The van der Waals surface area contributed by atoms with Gasteiger partial charge in [0.15, 0.2) is 0 Å². The Morgan fingerprint density at radius 2 is 1.28 bits per heavy atom. The van der Waals surface area contributed by atoms with Gasteiger partial charge in [0.05, 0.1) is 18.4 Å². The van der Waals surface area contributed by atoms with Crippen molar-refractivity contribution >= 4 is 11.9 Å². The van der Waals surface area contributed by atoms with Crippen LogP contribution in [0.15, 0.2) is 30.4 Å². The number of benzene rings is 1. The van der Waals surface area contributed by atoms with Gasteiger partial charge in [0.2, 0.25) is 6.79 Å². The van der Waals surface area contributed by atoms with Gasteiger partial charge in [-0.2, -0.15) is 0 Å². The Morgan fingerprint density at radius 1 is 0.769 bits per heavy atom. The summed E-state index contributed by atoms with van der Waals surface area (Å²) in [5.41, 5.74) is 2.23. The van der Waals surface area contributed by atoms with E-state index in [0.717, 1.165) is 30.6 Å². The van der Waals surface area contributed by atoms with Gasteiger partial charge in [-0.1, -0.05) is 109 Å². The molecule has 0 aliphatic heterocycles. The third-order valence-corrected chi connectivity index (χ3v) is 7.02. The van der Waals surface area contributed by atoms with E-state index in [2.05, 4.69) is 19.1 Å². The summed E-state index contributed by atoms with van der Waals surface area (Å²) in [7, 11) is 0. The first-order valence-corrected chi connectivity index (χ1v) is 15.4. The van der Waals surface area contributed by atoms with Gasteiger partial charge in [-0.25, -0.2) is 0 Å². The van der Waals surface area contributed by atoms with E-state index in [4.69, 9.17) is 14.2 Å². The lowest BCUT2D eigenvalue weighted by Gasteiger charge is -2.12. The minimum Gasteiger partial charge on any atom is -0.465 e. The molecule has 0 aromatic heterocycles. The fourth-order valence-corrected chi connectivity index (χ4v) is 3.85. The predicted octanol–water partition coefficient (Wildman–Crippen LogP) is 9.67. The molecule has 0 spiro atoms. The fourth-order valence-electron chi connectivity index (χ4n) is 3.85. The maximum Gasteiger partial charge on any atom is 0.311 e. The summed E-state index contributed by atoms with van der Waals surface area (Å²) >= 11 is 0. The quantitative estimate of drug-likeness (QED) is 0.0705. The number of hydrogen-bond acceptors (Lipinski definition) is 5.